The van der Waals surface area contributed by atoms with Gasteiger partial charge in [0.25, 0.3) is 5.91 Å². The Kier molecular flexibility index (Phi) is 4.17. The van der Waals surface area contributed by atoms with E-state index in [1.165, 1.54) is 16.9 Å². The van der Waals surface area contributed by atoms with Gasteiger partial charge in [0.2, 0.25) is 0 Å². The molecule has 0 aliphatic carbocycles. The highest BCUT2D eigenvalue weighted by Gasteiger charge is 2.18. The third-order valence-corrected chi connectivity index (χ3v) is 4.66. The van der Waals surface area contributed by atoms with E-state index in [9.17, 15) is 4.79 Å². The van der Waals surface area contributed by atoms with E-state index in [4.69, 9.17) is 9.47 Å². The Hall–Kier alpha value is -1.53. The quantitative estimate of drug-likeness (QED) is 0.900. The molecular weight excluding hydrogens is 354 g/mol. The number of benzene rings is 1. The number of amides is 1. The van der Waals surface area contributed by atoms with Crippen molar-refractivity contribution in [2.75, 3.05) is 13.7 Å². The lowest BCUT2D eigenvalue weighted by molar-refractivity contribution is 0.0954. The van der Waals surface area contributed by atoms with Crippen LogP contribution in [0.3, 0.4) is 0 Å². The van der Waals surface area contributed by atoms with Crippen LogP contribution in [0.15, 0.2) is 28.1 Å². The molecule has 0 saturated carbocycles. The summed E-state index contributed by atoms with van der Waals surface area (Å²) in [5.74, 6) is 1.51. The highest BCUT2D eigenvalue weighted by atomic mass is 79.9. The number of fused-ring (bicyclic) bond motifs is 1. The molecule has 0 spiro atoms. The first-order chi connectivity index (χ1) is 10.2. The second kappa shape index (κ2) is 6.07. The van der Waals surface area contributed by atoms with Crippen LogP contribution in [0.1, 0.15) is 20.8 Å². The standard InChI is InChI=1S/C15H14BrNO3S/c1-19-12-6-13(21-8-12)15(18)17-7-10-5-11(16)4-9-2-3-20-14(9)10/h4-6,8H,2-3,7H2,1H3,(H,17,18). The number of carbonyl (C=O) groups excluding carboxylic acids is 1. The predicted octanol–water partition coefficient (Wildman–Crippen LogP) is 3.38. The minimum Gasteiger partial charge on any atom is -0.496 e. The Morgan fingerprint density at radius 1 is 1.48 bits per heavy atom. The van der Waals surface area contributed by atoms with Gasteiger partial charge in [-0.15, -0.1) is 11.3 Å². The highest BCUT2D eigenvalue weighted by Crippen LogP contribution is 2.33. The summed E-state index contributed by atoms with van der Waals surface area (Å²) in [6, 6.07) is 5.79. The zero-order chi connectivity index (χ0) is 14.8. The van der Waals surface area contributed by atoms with Crippen molar-refractivity contribution >= 4 is 33.2 Å². The van der Waals surface area contributed by atoms with Crippen molar-refractivity contribution in [2.45, 2.75) is 13.0 Å². The number of methoxy groups -OCH3 is 1. The Bertz CT molecular complexity index is 684. The first-order valence-corrected chi connectivity index (χ1v) is 8.19. The van der Waals surface area contributed by atoms with E-state index in [-0.39, 0.29) is 5.91 Å². The molecule has 1 aromatic heterocycles. The molecule has 1 aliphatic heterocycles. The molecule has 3 rings (SSSR count). The molecule has 0 saturated heterocycles. The van der Waals surface area contributed by atoms with Crippen LogP contribution >= 0.6 is 27.3 Å². The van der Waals surface area contributed by atoms with Crippen molar-refractivity contribution in [1.29, 1.82) is 0 Å². The monoisotopic (exact) mass is 367 g/mol. The van der Waals surface area contributed by atoms with E-state index in [1.54, 1.807) is 13.2 Å². The van der Waals surface area contributed by atoms with Crippen molar-refractivity contribution in [2.24, 2.45) is 0 Å². The van der Waals surface area contributed by atoms with Gasteiger partial charge in [-0.2, -0.15) is 0 Å². The molecule has 4 nitrogen and oxygen atoms in total. The molecule has 110 valence electrons. The lowest BCUT2D eigenvalue weighted by Crippen LogP contribution is -2.22. The zero-order valence-corrected chi connectivity index (χ0v) is 13.8. The Morgan fingerprint density at radius 2 is 2.33 bits per heavy atom. The molecule has 1 aliphatic rings. The van der Waals surface area contributed by atoms with E-state index in [0.717, 1.165) is 22.2 Å². The van der Waals surface area contributed by atoms with Gasteiger partial charge in [-0.25, -0.2) is 0 Å². The van der Waals surface area contributed by atoms with E-state index < -0.39 is 0 Å². The minimum atomic E-state index is -0.102. The number of halogens is 1. The van der Waals surface area contributed by atoms with Crippen LogP contribution in [0.2, 0.25) is 0 Å². The first kappa shape index (κ1) is 14.4. The number of carbonyl (C=O) groups is 1. The van der Waals surface area contributed by atoms with Gasteiger partial charge < -0.3 is 14.8 Å². The van der Waals surface area contributed by atoms with Crippen LogP contribution in [0.5, 0.6) is 11.5 Å². The minimum absolute atomic E-state index is 0.102. The topological polar surface area (TPSA) is 47.6 Å². The fraction of sp³-hybridized carbons (Fsp3) is 0.267. The number of rotatable bonds is 4. The molecule has 2 aromatic rings. The summed E-state index contributed by atoms with van der Waals surface area (Å²) in [4.78, 5) is 12.8. The van der Waals surface area contributed by atoms with Crippen molar-refractivity contribution in [3.8, 4) is 11.5 Å². The number of nitrogens with one attached hydrogen (secondary N) is 1. The summed E-state index contributed by atoms with van der Waals surface area (Å²) in [5.41, 5.74) is 2.18. The molecule has 1 aromatic carbocycles. The SMILES string of the molecule is COc1csc(C(=O)NCc2cc(Br)cc3c2OCC3)c1. The van der Waals surface area contributed by atoms with Crippen molar-refractivity contribution in [3.63, 3.8) is 0 Å². The van der Waals surface area contributed by atoms with Crippen molar-refractivity contribution in [1.82, 2.24) is 5.32 Å². The normalized spacial score (nSPS) is 12.7. The molecule has 2 heterocycles. The molecule has 21 heavy (non-hydrogen) atoms. The zero-order valence-electron chi connectivity index (χ0n) is 11.4. The molecule has 0 fully saturated rings. The summed E-state index contributed by atoms with van der Waals surface area (Å²) in [6.45, 7) is 1.15. The van der Waals surface area contributed by atoms with Gasteiger partial charge in [-0.1, -0.05) is 15.9 Å². The van der Waals surface area contributed by atoms with Gasteiger partial charge >= 0.3 is 0 Å². The molecule has 0 unspecified atom stereocenters. The van der Waals surface area contributed by atoms with E-state index >= 15 is 0 Å². The smallest absolute Gasteiger partial charge is 0.261 e. The molecule has 0 atom stereocenters. The summed E-state index contributed by atoms with van der Waals surface area (Å²) in [7, 11) is 1.59. The highest BCUT2D eigenvalue weighted by molar-refractivity contribution is 9.10. The molecule has 1 N–H and O–H groups in total. The molecule has 0 radical (unpaired) electrons. The summed E-state index contributed by atoms with van der Waals surface area (Å²) in [5, 5.41) is 4.74. The van der Waals surface area contributed by atoms with E-state index in [0.29, 0.717) is 23.8 Å². The second-order valence-electron chi connectivity index (χ2n) is 4.69. The molecule has 1 amide bonds. The largest absolute Gasteiger partial charge is 0.496 e. The average molecular weight is 368 g/mol. The fourth-order valence-electron chi connectivity index (χ4n) is 2.28. The lowest BCUT2D eigenvalue weighted by Gasteiger charge is -2.10. The van der Waals surface area contributed by atoms with Gasteiger partial charge in [0.1, 0.15) is 11.5 Å². The van der Waals surface area contributed by atoms with Gasteiger partial charge in [-0.05, 0) is 17.7 Å². The third kappa shape index (κ3) is 3.06. The lowest BCUT2D eigenvalue weighted by atomic mass is 10.1. The summed E-state index contributed by atoms with van der Waals surface area (Å²) >= 11 is 4.87. The first-order valence-electron chi connectivity index (χ1n) is 6.52. The van der Waals surface area contributed by atoms with Crippen LogP contribution < -0.4 is 14.8 Å². The van der Waals surface area contributed by atoms with Crippen LogP contribution in [0.4, 0.5) is 0 Å². The van der Waals surface area contributed by atoms with Gasteiger partial charge in [0, 0.05) is 34.4 Å². The van der Waals surface area contributed by atoms with Gasteiger partial charge in [0.15, 0.2) is 0 Å². The molecule has 6 heteroatoms. The number of hydrogen-bond acceptors (Lipinski definition) is 4. The van der Waals surface area contributed by atoms with Gasteiger partial charge in [-0.3, -0.25) is 4.79 Å². The maximum Gasteiger partial charge on any atom is 0.261 e. The van der Waals surface area contributed by atoms with Crippen LogP contribution in [-0.4, -0.2) is 19.6 Å². The number of ether oxygens (including phenoxy) is 2. The molecule has 0 bridgehead atoms. The summed E-state index contributed by atoms with van der Waals surface area (Å²) < 4.78 is 11.8. The average Bonchev–Trinajstić information content (AvgIpc) is 3.12. The number of hydrogen-bond donors (Lipinski definition) is 1. The maximum atomic E-state index is 12.1. The molecular formula is C15H14BrNO3S. The fourth-order valence-corrected chi connectivity index (χ4v) is 3.61. The number of thiophene rings is 1. The van der Waals surface area contributed by atoms with Gasteiger partial charge in [0.05, 0.1) is 18.6 Å². The van der Waals surface area contributed by atoms with Crippen molar-refractivity contribution in [3.05, 3.63) is 44.1 Å². The van der Waals surface area contributed by atoms with Crippen LogP contribution in [-0.2, 0) is 13.0 Å². The van der Waals surface area contributed by atoms with E-state index in [1.807, 2.05) is 11.4 Å². The second-order valence-corrected chi connectivity index (χ2v) is 6.51. The Balaban J connectivity index is 1.72. The third-order valence-electron chi connectivity index (χ3n) is 3.30. The maximum absolute atomic E-state index is 12.1. The Morgan fingerprint density at radius 3 is 3.10 bits per heavy atom. The summed E-state index contributed by atoms with van der Waals surface area (Å²) in [6.07, 6.45) is 0.915. The Labute approximate surface area is 135 Å². The predicted molar refractivity (Wildman–Crippen MR) is 85.4 cm³/mol. The van der Waals surface area contributed by atoms with Crippen molar-refractivity contribution < 1.29 is 14.3 Å². The van der Waals surface area contributed by atoms with E-state index in [2.05, 4.69) is 27.3 Å². The van der Waals surface area contributed by atoms with Crippen LogP contribution in [0.25, 0.3) is 0 Å². The van der Waals surface area contributed by atoms with Crippen LogP contribution in [0, 0.1) is 0 Å².